The van der Waals surface area contributed by atoms with Gasteiger partial charge in [-0.3, -0.25) is 9.69 Å². The molecule has 2 heterocycles. The second-order valence-corrected chi connectivity index (χ2v) is 9.21. The normalized spacial score (nSPS) is 19.6. The highest BCUT2D eigenvalue weighted by atomic mass is 32.2. The highest BCUT2D eigenvalue weighted by molar-refractivity contribution is 7.99. The molecular formula is C21H29N5OS. The summed E-state index contributed by atoms with van der Waals surface area (Å²) in [5.41, 5.74) is 3.40. The van der Waals surface area contributed by atoms with Crippen LogP contribution < -0.4 is 5.32 Å². The molecule has 1 aliphatic heterocycles. The minimum Gasteiger partial charge on any atom is -0.349 e. The smallest absolute Gasteiger partial charge is 0.273 e. The van der Waals surface area contributed by atoms with Crippen LogP contribution in [0.1, 0.15) is 47.4 Å². The predicted molar refractivity (Wildman–Crippen MR) is 113 cm³/mol. The fourth-order valence-electron chi connectivity index (χ4n) is 4.55. The maximum Gasteiger partial charge on any atom is 0.273 e. The number of rotatable bonds is 5. The van der Waals surface area contributed by atoms with E-state index in [0.717, 1.165) is 30.0 Å². The molecule has 0 bridgehead atoms. The molecule has 1 aliphatic carbocycles. The van der Waals surface area contributed by atoms with Crippen LogP contribution in [0, 0.1) is 13.8 Å². The maximum atomic E-state index is 12.9. The van der Waals surface area contributed by atoms with Gasteiger partial charge in [-0.15, -0.1) is 5.10 Å². The second kappa shape index (κ2) is 8.25. The van der Waals surface area contributed by atoms with Gasteiger partial charge >= 0.3 is 0 Å². The van der Waals surface area contributed by atoms with E-state index in [4.69, 9.17) is 0 Å². The summed E-state index contributed by atoms with van der Waals surface area (Å²) in [6, 6.07) is 8.07. The third-order valence-electron chi connectivity index (χ3n) is 6.15. The second-order valence-electron chi connectivity index (χ2n) is 7.99. The molecule has 28 heavy (non-hydrogen) atoms. The average molecular weight is 400 g/mol. The number of carbonyl (C=O) groups is 1. The van der Waals surface area contributed by atoms with Gasteiger partial charge in [0.05, 0.1) is 11.4 Å². The summed E-state index contributed by atoms with van der Waals surface area (Å²) in [5.74, 6) is 2.27. The SMILES string of the molecule is Cc1cccc(-n2nnc(C(=O)NCC3(N4CCSCC4)CCCC3)c2C)c1. The van der Waals surface area contributed by atoms with Crippen molar-refractivity contribution in [3.63, 3.8) is 0 Å². The first-order valence-electron chi connectivity index (χ1n) is 10.2. The van der Waals surface area contributed by atoms with Crippen LogP contribution in [-0.2, 0) is 0 Å². The predicted octanol–water partition coefficient (Wildman–Crippen LogP) is 2.98. The van der Waals surface area contributed by atoms with Crippen molar-refractivity contribution in [2.45, 2.75) is 45.1 Å². The van der Waals surface area contributed by atoms with E-state index in [1.54, 1.807) is 4.68 Å². The van der Waals surface area contributed by atoms with Crippen molar-refractivity contribution >= 4 is 17.7 Å². The Balaban J connectivity index is 1.48. The Morgan fingerprint density at radius 1 is 1.21 bits per heavy atom. The first-order valence-corrected chi connectivity index (χ1v) is 11.3. The molecule has 1 aromatic carbocycles. The van der Waals surface area contributed by atoms with Gasteiger partial charge in [-0.2, -0.15) is 11.8 Å². The minimum absolute atomic E-state index is 0.117. The Labute approximate surface area is 171 Å². The number of aryl methyl sites for hydroxylation is 1. The first-order chi connectivity index (χ1) is 13.6. The zero-order valence-electron chi connectivity index (χ0n) is 16.8. The lowest BCUT2D eigenvalue weighted by atomic mass is 9.94. The van der Waals surface area contributed by atoms with E-state index in [-0.39, 0.29) is 11.4 Å². The number of thioether (sulfide) groups is 1. The highest BCUT2D eigenvalue weighted by Gasteiger charge is 2.40. The zero-order chi connectivity index (χ0) is 19.6. The van der Waals surface area contributed by atoms with Crippen molar-refractivity contribution in [2.75, 3.05) is 31.1 Å². The van der Waals surface area contributed by atoms with Crippen molar-refractivity contribution < 1.29 is 4.79 Å². The first kappa shape index (κ1) is 19.5. The van der Waals surface area contributed by atoms with E-state index < -0.39 is 0 Å². The molecule has 2 aromatic rings. The van der Waals surface area contributed by atoms with Crippen LogP contribution in [0.3, 0.4) is 0 Å². The van der Waals surface area contributed by atoms with Gasteiger partial charge < -0.3 is 5.32 Å². The Kier molecular flexibility index (Phi) is 5.73. The Morgan fingerprint density at radius 3 is 2.68 bits per heavy atom. The molecule has 1 aromatic heterocycles. The number of hydrogen-bond acceptors (Lipinski definition) is 5. The van der Waals surface area contributed by atoms with E-state index in [1.165, 1.54) is 37.2 Å². The molecule has 1 N–H and O–H groups in total. The van der Waals surface area contributed by atoms with E-state index in [2.05, 4.69) is 20.5 Å². The van der Waals surface area contributed by atoms with Crippen LogP contribution in [0.25, 0.3) is 5.69 Å². The van der Waals surface area contributed by atoms with Gasteiger partial charge in [-0.05, 0) is 44.4 Å². The third kappa shape index (κ3) is 3.82. The molecular weight excluding hydrogens is 370 g/mol. The van der Waals surface area contributed by atoms with Crippen molar-refractivity contribution in [1.82, 2.24) is 25.2 Å². The van der Waals surface area contributed by atoms with Gasteiger partial charge in [0.25, 0.3) is 5.91 Å². The molecule has 4 rings (SSSR count). The van der Waals surface area contributed by atoms with Gasteiger partial charge in [-0.25, -0.2) is 4.68 Å². The van der Waals surface area contributed by atoms with Crippen LogP contribution in [0.5, 0.6) is 0 Å². The number of nitrogens with one attached hydrogen (secondary N) is 1. The maximum absolute atomic E-state index is 12.9. The molecule has 0 radical (unpaired) electrons. The van der Waals surface area contributed by atoms with E-state index in [9.17, 15) is 4.79 Å². The van der Waals surface area contributed by atoms with Crippen molar-refractivity contribution in [3.05, 3.63) is 41.2 Å². The molecule has 150 valence electrons. The molecule has 0 unspecified atom stereocenters. The minimum atomic E-state index is -0.117. The van der Waals surface area contributed by atoms with Crippen molar-refractivity contribution in [2.24, 2.45) is 0 Å². The van der Waals surface area contributed by atoms with Crippen LogP contribution in [-0.4, -0.2) is 62.5 Å². The molecule has 1 saturated carbocycles. The van der Waals surface area contributed by atoms with E-state index >= 15 is 0 Å². The number of nitrogens with zero attached hydrogens (tertiary/aromatic N) is 4. The molecule has 1 amide bonds. The summed E-state index contributed by atoms with van der Waals surface area (Å²) in [6.45, 7) is 6.91. The third-order valence-corrected chi connectivity index (χ3v) is 7.09. The lowest BCUT2D eigenvalue weighted by Crippen LogP contribution is -2.56. The fraction of sp³-hybridized carbons (Fsp3) is 0.571. The molecule has 1 saturated heterocycles. The number of amides is 1. The number of benzene rings is 1. The van der Waals surface area contributed by atoms with Crippen molar-refractivity contribution in [1.29, 1.82) is 0 Å². The van der Waals surface area contributed by atoms with Gasteiger partial charge in [0, 0.05) is 36.7 Å². The molecule has 6 nitrogen and oxygen atoms in total. The molecule has 2 fully saturated rings. The molecule has 0 atom stereocenters. The van der Waals surface area contributed by atoms with E-state index in [0.29, 0.717) is 12.2 Å². The van der Waals surface area contributed by atoms with Gasteiger partial charge in [-0.1, -0.05) is 30.2 Å². The van der Waals surface area contributed by atoms with Crippen LogP contribution in [0.4, 0.5) is 0 Å². The van der Waals surface area contributed by atoms with Crippen LogP contribution >= 0.6 is 11.8 Å². The lowest BCUT2D eigenvalue weighted by molar-refractivity contribution is 0.0813. The van der Waals surface area contributed by atoms with Gasteiger partial charge in [0.15, 0.2) is 5.69 Å². The Bertz CT molecular complexity index is 837. The van der Waals surface area contributed by atoms with Crippen molar-refractivity contribution in [3.8, 4) is 5.69 Å². The summed E-state index contributed by atoms with van der Waals surface area (Å²) in [5, 5.41) is 11.6. The summed E-state index contributed by atoms with van der Waals surface area (Å²) in [6.07, 6.45) is 4.85. The fourth-order valence-corrected chi connectivity index (χ4v) is 5.45. The molecule has 7 heteroatoms. The monoisotopic (exact) mass is 399 g/mol. The Morgan fingerprint density at radius 2 is 1.96 bits per heavy atom. The standard InChI is InChI=1S/C21H29N5OS/c1-16-6-5-7-18(14-16)26-17(2)19(23-24-26)20(27)22-15-21(8-3-4-9-21)25-10-12-28-13-11-25/h5-7,14H,3-4,8-13,15H2,1-2H3,(H,22,27). The highest BCUT2D eigenvalue weighted by Crippen LogP contribution is 2.36. The largest absolute Gasteiger partial charge is 0.349 e. The summed E-state index contributed by atoms with van der Waals surface area (Å²) in [7, 11) is 0. The summed E-state index contributed by atoms with van der Waals surface area (Å²) in [4.78, 5) is 15.5. The topological polar surface area (TPSA) is 63.1 Å². The Hall–Kier alpha value is -1.86. The number of carbonyl (C=O) groups excluding carboxylic acids is 1. The average Bonchev–Trinajstić information content (AvgIpc) is 3.34. The quantitative estimate of drug-likeness (QED) is 0.837. The summed E-state index contributed by atoms with van der Waals surface area (Å²) < 4.78 is 1.75. The lowest BCUT2D eigenvalue weighted by Gasteiger charge is -2.43. The van der Waals surface area contributed by atoms with Gasteiger partial charge in [0.1, 0.15) is 0 Å². The molecule has 2 aliphatic rings. The van der Waals surface area contributed by atoms with E-state index in [1.807, 2.05) is 49.9 Å². The summed E-state index contributed by atoms with van der Waals surface area (Å²) >= 11 is 2.03. The number of hydrogen-bond donors (Lipinski definition) is 1. The number of aromatic nitrogens is 3. The van der Waals surface area contributed by atoms with Crippen LogP contribution in [0.15, 0.2) is 24.3 Å². The van der Waals surface area contributed by atoms with Crippen LogP contribution in [0.2, 0.25) is 0 Å². The zero-order valence-corrected chi connectivity index (χ0v) is 17.6. The van der Waals surface area contributed by atoms with Gasteiger partial charge in [0.2, 0.25) is 0 Å². The molecule has 0 spiro atoms.